The first-order valence-electron chi connectivity index (χ1n) is 5.88. The highest BCUT2D eigenvalue weighted by Gasteiger charge is 1.98. The van der Waals surface area contributed by atoms with E-state index in [2.05, 4.69) is 11.9 Å². The van der Waals surface area contributed by atoms with Gasteiger partial charge in [0.25, 0.3) is 0 Å². The largest absolute Gasteiger partial charge is 0.271 e. The Kier molecular flexibility index (Phi) is 6.54. The molecule has 1 rings (SSSR count). The molecule has 0 aliphatic heterocycles. The third-order valence-electron chi connectivity index (χ3n) is 2.34. The summed E-state index contributed by atoms with van der Waals surface area (Å²) >= 11 is 0. The molecule has 0 unspecified atom stereocenters. The molecule has 1 aromatic rings. The van der Waals surface area contributed by atoms with Gasteiger partial charge in [-0.25, -0.2) is 0 Å². The SMILES string of the molecule is CCCCCCCCO[n+]1ccncc1. The average Bonchev–Trinajstić information content (AvgIpc) is 2.29. The van der Waals surface area contributed by atoms with E-state index < -0.39 is 0 Å². The second kappa shape index (κ2) is 8.21. The first-order valence-corrected chi connectivity index (χ1v) is 5.88. The maximum atomic E-state index is 5.49. The van der Waals surface area contributed by atoms with Crippen molar-refractivity contribution in [2.45, 2.75) is 45.4 Å². The monoisotopic (exact) mass is 209 g/mol. The van der Waals surface area contributed by atoms with Gasteiger partial charge in [-0.05, 0) is 12.8 Å². The Balaban J connectivity index is 1.93. The molecule has 15 heavy (non-hydrogen) atoms. The minimum absolute atomic E-state index is 0.792. The molecule has 1 heterocycles. The summed E-state index contributed by atoms with van der Waals surface area (Å²) in [4.78, 5) is 9.41. The Labute approximate surface area is 92.1 Å². The second-order valence-corrected chi connectivity index (χ2v) is 3.71. The highest BCUT2D eigenvalue weighted by atomic mass is 16.7. The molecule has 0 saturated heterocycles. The van der Waals surface area contributed by atoms with Crippen LogP contribution in [0.25, 0.3) is 0 Å². The third-order valence-corrected chi connectivity index (χ3v) is 2.34. The van der Waals surface area contributed by atoms with Crippen LogP contribution in [0.5, 0.6) is 0 Å². The van der Waals surface area contributed by atoms with Gasteiger partial charge in [-0.3, -0.25) is 9.82 Å². The number of aromatic nitrogens is 2. The predicted octanol–water partition coefficient (Wildman–Crippen LogP) is 2.16. The number of rotatable bonds is 8. The molecular formula is C12H21N2O+. The summed E-state index contributed by atoms with van der Waals surface area (Å²) in [6, 6.07) is 0. The lowest BCUT2D eigenvalue weighted by Gasteiger charge is -1.99. The fourth-order valence-corrected chi connectivity index (χ4v) is 1.45. The van der Waals surface area contributed by atoms with Crippen LogP contribution in [0.3, 0.4) is 0 Å². The fourth-order valence-electron chi connectivity index (χ4n) is 1.45. The number of hydrogen-bond acceptors (Lipinski definition) is 2. The summed E-state index contributed by atoms with van der Waals surface area (Å²) in [7, 11) is 0. The van der Waals surface area contributed by atoms with Gasteiger partial charge in [0.05, 0.1) is 12.4 Å². The highest BCUT2D eigenvalue weighted by molar-refractivity contribution is 4.61. The van der Waals surface area contributed by atoms with Crippen LogP contribution in [0, 0.1) is 0 Å². The van der Waals surface area contributed by atoms with E-state index in [1.807, 2.05) is 12.4 Å². The van der Waals surface area contributed by atoms with Crippen LogP contribution < -0.4 is 9.57 Å². The number of hydrogen-bond donors (Lipinski definition) is 0. The summed E-state index contributed by atoms with van der Waals surface area (Å²) in [5.41, 5.74) is 0. The average molecular weight is 209 g/mol. The van der Waals surface area contributed by atoms with Gasteiger partial charge in [0, 0.05) is 4.73 Å². The topological polar surface area (TPSA) is 26.0 Å². The van der Waals surface area contributed by atoms with Crippen molar-refractivity contribution in [1.82, 2.24) is 4.98 Å². The summed E-state index contributed by atoms with van der Waals surface area (Å²) in [6.07, 6.45) is 14.8. The molecule has 1 aromatic heterocycles. The molecule has 0 aliphatic carbocycles. The summed E-state index contributed by atoms with van der Waals surface area (Å²) < 4.78 is 1.71. The number of nitrogens with zero attached hydrogens (tertiary/aromatic N) is 2. The Morgan fingerprint density at radius 1 is 1.00 bits per heavy atom. The first kappa shape index (κ1) is 12.0. The molecule has 0 aromatic carbocycles. The summed E-state index contributed by atoms with van der Waals surface area (Å²) in [5, 5.41) is 0. The van der Waals surface area contributed by atoms with Crippen molar-refractivity contribution in [1.29, 1.82) is 0 Å². The normalized spacial score (nSPS) is 10.2. The second-order valence-electron chi connectivity index (χ2n) is 3.71. The summed E-state index contributed by atoms with van der Waals surface area (Å²) in [5.74, 6) is 0. The maximum absolute atomic E-state index is 5.49. The van der Waals surface area contributed by atoms with Crippen LogP contribution in [0.15, 0.2) is 24.8 Å². The molecule has 0 amide bonds. The van der Waals surface area contributed by atoms with Gasteiger partial charge >= 0.3 is 0 Å². The Morgan fingerprint density at radius 3 is 2.40 bits per heavy atom. The standard InChI is InChI=1S/C12H21N2O/c1-2-3-4-5-6-7-12-15-14-10-8-13-9-11-14/h8-11H,2-7,12H2,1H3/q+1. The van der Waals surface area contributed by atoms with E-state index in [1.54, 1.807) is 17.1 Å². The van der Waals surface area contributed by atoms with Gasteiger partial charge in [0.15, 0.2) is 6.61 Å². The molecule has 3 heteroatoms. The lowest BCUT2D eigenvalue weighted by Crippen LogP contribution is -2.42. The quantitative estimate of drug-likeness (QED) is 0.484. The minimum atomic E-state index is 0.792. The zero-order chi connectivity index (χ0) is 10.8. The van der Waals surface area contributed by atoms with Crippen molar-refractivity contribution in [2.24, 2.45) is 0 Å². The minimum Gasteiger partial charge on any atom is -0.271 e. The number of unbranched alkanes of at least 4 members (excludes halogenated alkanes) is 5. The van der Waals surface area contributed by atoms with Crippen LogP contribution in [0.2, 0.25) is 0 Å². The first-order chi connectivity index (χ1) is 7.43. The van der Waals surface area contributed by atoms with Crippen molar-refractivity contribution >= 4 is 0 Å². The Bertz CT molecular complexity index is 239. The van der Waals surface area contributed by atoms with Gasteiger partial charge in [-0.15, -0.1) is 0 Å². The Hall–Kier alpha value is -1.12. The van der Waals surface area contributed by atoms with E-state index in [4.69, 9.17) is 4.84 Å². The molecule has 84 valence electrons. The molecule has 0 fully saturated rings. The third kappa shape index (κ3) is 6.05. The van der Waals surface area contributed by atoms with Gasteiger partial charge in [-0.1, -0.05) is 32.6 Å². The van der Waals surface area contributed by atoms with Crippen molar-refractivity contribution in [3.8, 4) is 0 Å². The van der Waals surface area contributed by atoms with Crippen LogP contribution >= 0.6 is 0 Å². The molecular weight excluding hydrogens is 188 g/mol. The van der Waals surface area contributed by atoms with Crippen molar-refractivity contribution in [3.05, 3.63) is 24.8 Å². The highest BCUT2D eigenvalue weighted by Crippen LogP contribution is 2.03. The van der Waals surface area contributed by atoms with E-state index in [1.165, 1.54) is 32.1 Å². The lowest BCUT2D eigenvalue weighted by molar-refractivity contribution is -0.891. The van der Waals surface area contributed by atoms with E-state index in [9.17, 15) is 0 Å². The molecule has 0 saturated carbocycles. The van der Waals surface area contributed by atoms with E-state index in [-0.39, 0.29) is 0 Å². The smallest absolute Gasteiger partial charge is 0.240 e. The zero-order valence-electron chi connectivity index (χ0n) is 9.56. The molecule has 0 spiro atoms. The summed E-state index contributed by atoms with van der Waals surface area (Å²) in [6.45, 7) is 3.03. The van der Waals surface area contributed by atoms with E-state index in [0.717, 1.165) is 13.0 Å². The van der Waals surface area contributed by atoms with E-state index >= 15 is 0 Å². The molecule has 0 N–H and O–H groups in total. The Morgan fingerprint density at radius 2 is 1.67 bits per heavy atom. The zero-order valence-corrected chi connectivity index (χ0v) is 9.56. The van der Waals surface area contributed by atoms with Crippen LogP contribution in [-0.4, -0.2) is 11.6 Å². The van der Waals surface area contributed by atoms with E-state index in [0.29, 0.717) is 0 Å². The van der Waals surface area contributed by atoms with Crippen molar-refractivity contribution in [3.63, 3.8) is 0 Å². The van der Waals surface area contributed by atoms with Gasteiger partial charge in [0.2, 0.25) is 12.4 Å². The fraction of sp³-hybridized carbons (Fsp3) is 0.667. The van der Waals surface area contributed by atoms with Gasteiger partial charge < -0.3 is 0 Å². The lowest BCUT2D eigenvalue weighted by atomic mass is 10.1. The molecule has 3 nitrogen and oxygen atoms in total. The van der Waals surface area contributed by atoms with Crippen molar-refractivity contribution in [2.75, 3.05) is 6.61 Å². The van der Waals surface area contributed by atoms with Crippen molar-refractivity contribution < 1.29 is 9.57 Å². The van der Waals surface area contributed by atoms with Crippen LogP contribution in [-0.2, 0) is 0 Å². The molecule has 0 atom stereocenters. The molecule has 0 aliphatic rings. The van der Waals surface area contributed by atoms with Crippen LogP contribution in [0.4, 0.5) is 0 Å². The van der Waals surface area contributed by atoms with Crippen LogP contribution in [0.1, 0.15) is 45.4 Å². The molecule has 0 bridgehead atoms. The van der Waals surface area contributed by atoms with Gasteiger partial charge in [0.1, 0.15) is 0 Å². The van der Waals surface area contributed by atoms with Gasteiger partial charge in [-0.2, -0.15) is 0 Å². The maximum Gasteiger partial charge on any atom is 0.240 e. The predicted molar refractivity (Wildman–Crippen MR) is 59.3 cm³/mol. The molecule has 0 radical (unpaired) electrons.